The topological polar surface area (TPSA) is 49.8 Å². The molecule has 4 nitrogen and oxygen atoms in total. The molecule has 1 aromatic heterocycles. The Morgan fingerprint density at radius 2 is 1.83 bits per heavy atom. The molecule has 0 aliphatic heterocycles. The minimum Gasteiger partial charge on any atom is -0.372 e. The second-order valence-corrected chi connectivity index (χ2v) is 4.06. The first-order valence-corrected chi connectivity index (χ1v) is 6.14. The highest BCUT2D eigenvalue weighted by Gasteiger charge is 2.09. The third-order valence-corrected chi connectivity index (χ3v) is 2.82. The summed E-state index contributed by atoms with van der Waals surface area (Å²) in [6, 6.07) is 10.6. The molecule has 0 radical (unpaired) electrons. The molecular formula is C14H18N4. The van der Waals surface area contributed by atoms with Crippen molar-refractivity contribution in [1.29, 1.82) is 0 Å². The van der Waals surface area contributed by atoms with Gasteiger partial charge in [0.05, 0.1) is 18.4 Å². The lowest BCUT2D eigenvalue weighted by Gasteiger charge is -2.18. The van der Waals surface area contributed by atoms with Gasteiger partial charge in [-0.3, -0.25) is 4.98 Å². The Kier molecular flexibility index (Phi) is 4.12. The monoisotopic (exact) mass is 242 g/mol. The van der Waals surface area contributed by atoms with Crippen molar-refractivity contribution in [2.24, 2.45) is 0 Å². The molecule has 1 aromatic carbocycles. The standard InChI is InChI=1S/C14H18N4/c1-3-12(11-7-5-4-6-8-11)17-14-10-16-9-13(15-2)18-14/h4-10,12H,3H2,1-2H3,(H2,15,17,18). The van der Waals surface area contributed by atoms with E-state index in [4.69, 9.17) is 0 Å². The van der Waals surface area contributed by atoms with E-state index in [-0.39, 0.29) is 6.04 Å². The van der Waals surface area contributed by atoms with Crippen LogP contribution in [0.5, 0.6) is 0 Å². The average molecular weight is 242 g/mol. The van der Waals surface area contributed by atoms with Crippen molar-refractivity contribution in [3.8, 4) is 0 Å². The summed E-state index contributed by atoms with van der Waals surface area (Å²) < 4.78 is 0. The number of nitrogens with one attached hydrogen (secondary N) is 2. The second kappa shape index (κ2) is 6.00. The van der Waals surface area contributed by atoms with Gasteiger partial charge >= 0.3 is 0 Å². The summed E-state index contributed by atoms with van der Waals surface area (Å²) in [5, 5.41) is 6.39. The molecule has 0 saturated heterocycles. The lowest BCUT2D eigenvalue weighted by atomic mass is 10.1. The molecule has 18 heavy (non-hydrogen) atoms. The van der Waals surface area contributed by atoms with Crippen LogP contribution in [0, 0.1) is 0 Å². The van der Waals surface area contributed by atoms with Gasteiger partial charge in [0, 0.05) is 7.05 Å². The van der Waals surface area contributed by atoms with Gasteiger partial charge in [-0.05, 0) is 12.0 Å². The number of aromatic nitrogens is 2. The predicted octanol–water partition coefficient (Wildman–Crippen LogP) is 3.08. The molecule has 94 valence electrons. The SMILES string of the molecule is CCC(Nc1cncc(NC)n1)c1ccccc1. The second-order valence-electron chi connectivity index (χ2n) is 4.06. The van der Waals surface area contributed by atoms with Crippen molar-refractivity contribution in [2.45, 2.75) is 19.4 Å². The van der Waals surface area contributed by atoms with Gasteiger partial charge in [-0.1, -0.05) is 37.3 Å². The molecule has 2 N–H and O–H groups in total. The lowest BCUT2D eigenvalue weighted by Crippen LogP contribution is -2.11. The Bertz CT molecular complexity index is 484. The highest BCUT2D eigenvalue weighted by Crippen LogP contribution is 2.21. The van der Waals surface area contributed by atoms with Gasteiger partial charge in [0.1, 0.15) is 11.6 Å². The van der Waals surface area contributed by atoms with Gasteiger partial charge in [-0.2, -0.15) is 0 Å². The maximum Gasteiger partial charge on any atom is 0.147 e. The molecule has 1 unspecified atom stereocenters. The molecule has 1 atom stereocenters. The van der Waals surface area contributed by atoms with Gasteiger partial charge in [0.25, 0.3) is 0 Å². The van der Waals surface area contributed by atoms with E-state index >= 15 is 0 Å². The van der Waals surface area contributed by atoms with Crippen molar-refractivity contribution < 1.29 is 0 Å². The molecule has 0 saturated carbocycles. The third kappa shape index (κ3) is 2.97. The van der Waals surface area contributed by atoms with Crippen LogP contribution in [0.1, 0.15) is 24.9 Å². The summed E-state index contributed by atoms with van der Waals surface area (Å²) in [5.41, 5.74) is 1.26. The van der Waals surface area contributed by atoms with Gasteiger partial charge in [-0.15, -0.1) is 0 Å². The van der Waals surface area contributed by atoms with Gasteiger partial charge in [0.15, 0.2) is 0 Å². The van der Waals surface area contributed by atoms with Crippen LogP contribution in [-0.4, -0.2) is 17.0 Å². The Labute approximate surface area is 107 Å². The molecule has 2 aromatic rings. The van der Waals surface area contributed by atoms with Gasteiger partial charge in [0.2, 0.25) is 0 Å². The highest BCUT2D eigenvalue weighted by molar-refractivity contribution is 5.43. The number of hydrogen-bond donors (Lipinski definition) is 2. The van der Waals surface area contributed by atoms with E-state index in [0.29, 0.717) is 0 Å². The molecule has 4 heteroatoms. The summed E-state index contributed by atoms with van der Waals surface area (Å²) in [4.78, 5) is 8.57. The van der Waals surface area contributed by atoms with Crippen molar-refractivity contribution in [1.82, 2.24) is 9.97 Å². The zero-order valence-corrected chi connectivity index (χ0v) is 10.7. The summed E-state index contributed by atoms with van der Waals surface area (Å²) in [6.45, 7) is 2.15. The Morgan fingerprint density at radius 3 is 2.50 bits per heavy atom. The molecule has 0 aliphatic carbocycles. The maximum absolute atomic E-state index is 4.42. The van der Waals surface area contributed by atoms with E-state index < -0.39 is 0 Å². The molecule has 0 fully saturated rings. The van der Waals surface area contributed by atoms with Gasteiger partial charge < -0.3 is 10.6 Å². The Balaban J connectivity index is 2.15. The average Bonchev–Trinajstić information content (AvgIpc) is 2.46. The predicted molar refractivity (Wildman–Crippen MR) is 74.7 cm³/mol. The number of hydrogen-bond acceptors (Lipinski definition) is 4. The van der Waals surface area contributed by atoms with Crippen LogP contribution in [0.15, 0.2) is 42.7 Å². The summed E-state index contributed by atoms with van der Waals surface area (Å²) in [5.74, 6) is 1.56. The molecule has 0 amide bonds. The van der Waals surface area contributed by atoms with Crippen LogP contribution in [0.2, 0.25) is 0 Å². The molecule has 0 bridgehead atoms. The molecule has 1 heterocycles. The van der Waals surface area contributed by atoms with Crippen molar-refractivity contribution in [3.63, 3.8) is 0 Å². The fraction of sp³-hybridized carbons (Fsp3) is 0.286. The normalized spacial score (nSPS) is 11.9. The zero-order chi connectivity index (χ0) is 12.8. The van der Waals surface area contributed by atoms with E-state index in [1.54, 1.807) is 12.4 Å². The molecule has 2 rings (SSSR count). The first-order chi connectivity index (χ1) is 8.83. The highest BCUT2D eigenvalue weighted by atomic mass is 15.1. The fourth-order valence-corrected chi connectivity index (χ4v) is 1.84. The van der Waals surface area contributed by atoms with Crippen molar-refractivity contribution in [3.05, 3.63) is 48.3 Å². The number of benzene rings is 1. The van der Waals surface area contributed by atoms with Crippen LogP contribution >= 0.6 is 0 Å². The van der Waals surface area contributed by atoms with Crippen molar-refractivity contribution >= 4 is 11.6 Å². The summed E-state index contributed by atoms with van der Waals surface area (Å²) >= 11 is 0. The van der Waals surface area contributed by atoms with Crippen LogP contribution in [-0.2, 0) is 0 Å². The molecular weight excluding hydrogens is 224 g/mol. The minimum atomic E-state index is 0.257. The number of rotatable bonds is 5. The van der Waals surface area contributed by atoms with Crippen LogP contribution in [0.25, 0.3) is 0 Å². The molecule has 0 spiro atoms. The largest absolute Gasteiger partial charge is 0.372 e. The maximum atomic E-state index is 4.42. The van der Waals surface area contributed by atoms with E-state index in [1.807, 2.05) is 13.1 Å². The Morgan fingerprint density at radius 1 is 1.11 bits per heavy atom. The number of anilines is 2. The minimum absolute atomic E-state index is 0.257. The van der Waals surface area contributed by atoms with Gasteiger partial charge in [-0.25, -0.2) is 4.98 Å². The first kappa shape index (κ1) is 12.4. The molecule has 0 aliphatic rings. The fourth-order valence-electron chi connectivity index (χ4n) is 1.84. The van der Waals surface area contributed by atoms with E-state index in [2.05, 4.69) is 51.8 Å². The van der Waals surface area contributed by atoms with E-state index in [0.717, 1.165) is 18.1 Å². The number of nitrogens with zero attached hydrogens (tertiary/aromatic N) is 2. The lowest BCUT2D eigenvalue weighted by molar-refractivity contribution is 0.744. The zero-order valence-electron chi connectivity index (χ0n) is 10.7. The smallest absolute Gasteiger partial charge is 0.147 e. The summed E-state index contributed by atoms with van der Waals surface area (Å²) in [6.07, 6.45) is 4.44. The van der Waals surface area contributed by atoms with Crippen LogP contribution in [0.3, 0.4) is 0 Å². The van der Waals surface area contributed by atoms with E-state index in [1.165, 1.54) is 5.56 Å². The van der Waals surface area contributed by atoms with Crippen LogP contribution in [0.4, 0.5) is 11.6 Å². The Hall–Kier alpha value is -2.10. The quantitative estimate of drug-likeness (QED) is 0.846. The van der Waals surface area contributed by atoms with Crippen LogP contribution < -0.4 is 10.6 Å². The van der Waals surface area contributed by atoms with Crippen molar-refractivity contribution in [2.75, 3.05) is 17.7 Å². The summed E-state index contributed by atoms with van der Waals surface area (Å²) in [7, 11) is 1.84. The third-order valence-electron chi connectivity index (χ3n) is 2.82. The van der Waals surface area contributed by atoms with E-state index in [9.17, 15) is 0 Å². The first-order valence-electron chi connectivity index (χ1n) is 6.14.